The van der Waals surface area contributed by atoms with Crippen molar-refractivity contribution in [1.82, 2.24) is 5.32 Å². The Bertz CT molecular complexity index is 345. The second-order valence-electron chi connectivity index (χ2n) is 3.63. The third-order valence-corrected chi connectivity index (χ3v) is 1.89. The number of amides is 1. The molecule has 0 saturated carbocycles. The summed E-state index contributed by atoms with van der Waals surface area (Å²) in [5.41, 5.74) is 1.39. The highest BCUT2D eigenvalue weighted by Gasteiger charge is 2.10. The molecule has 0 saturated heterocycles. The molecular formula is C11H15NO2. The highest BCUT2D eigenvalue weighted by atomic mass is 16.3. The van der Waals surface area contributed by atoms with E-state index in [0.29, 0.717) is 5.56 Å². The van der Waals surface area contributed by atoms with Gasteiger partial charge in [0, 0.05) is 11.6 Å². The minimum Gasteiger partial charge on any atom is -0.508 e. The Balaban J connectivity index is 2.94. The SMILES string of the molecule is Cc1ccc(O)cc1C(=O)NC(C)C. The van der Waals surface area contributed by atoms with E-state index in [0.717, 1.165) is 5.56 Å². The molecule has 1 rings (SSSR count). The largest absolute Gasteiger partial charge is 0.508 e. The molecule has 3 nitrogen and oxygen atoms in total. The first-order valence-electron chi connectivity index (χ1n) is 4.61. The van der Waals surface area contributed by atoms with Gasteiger partial charge in [-0.25, -0.2) is 0 Å². The third kappa shape index (κ3) is 2.49. The number of hydrogen-bond donors (Lipinski definition) is 2. The summed E-state index contributed by atoms with van der Waals surface area (Å²) >= 11 is 0. The van der Waals surface area contributed by atoms with Crippen LogP contribution in [0.25, 0.3) is 0 Å². The van der Waals surface area contributed by atoms with Crippen LogP contribution in [0.4, 0.5) is 0 Å². The molecule has 0 heterocycles. The van der Waals surface area contributed by atoms with Crippen LogP contribution < -0.4 is 5.32 Å². The van der Waals surface area contributed by atoms with Gasteiger partial charge in [-0.05, 0) is 38.5 Å². The van der Waals surface area contributed by atoms with Gasteiger partial charge in [-0.1, -0.05) is 6.07 Å². The number of benzene rings is 1. The number of carbonyl (C=O) groups is 1. The fraction of sp³-hybridized carbons (Fsp3) is 0.364. The zero-order valence-corrected chi connectivity index (χ0v) is 8.66. The lowest BCUT2D eigenvalue weighted by molar-refractivity contribution is 0.0942. The minimum atomic E-state index is -0.145. The van der Waals surface area contributed by atoms with Crippen molar-refractivity contribution in [2.24, 2.45) is 0 Å². The fourth-order valence-corrected chi connectivity index (χ4v) is 1.19. The monoisotopic (exact) mass is 193 g/mol. The molecule has 3 heteroatoms. The number of hydrogen-bond acceptors (Lipinski definition) is 2. The normalized spacial score (nSPS) is 10.3. The molecule has 2 N–H and O–H groups in total. The van der Waals surface area contributed by atoms with Gasteiger partial charge in [0.05, 0.1) is 0 Å². The van der Waals surface area contributed by atoms with E-state index in [1.54, 1.807) is 12.1 Å². The van der Waals surface area contributed by atoms with E-state index in [1.165, 1.54) is 6.07 Å². The van der Waals surface area contributed by atoms with Gasteiger partial charge in [0.2, 0.25) is 0 Å². The van der Waals surface area contributed by atoms with Crippen molar-refractivity contribution >= 4 is 5.91 Å². The number of aryl methyl sites for hydroxylation is 1. The molecule has 0 unspecified atom stereocenters. The van der Waals surface area contributed by atoms with Crippen LogP contribution in [0, 0.1) is 6.92 Å². The molecule has 1 aromatic carbocycles. The smallest absolute Gasteiger partial charge is 0.251 e. The maximum absolute atomic E-state index is 11.6. The standard InChI is InChI=1S/C11H15NO2/c1-7(2)12-11(14)10-6-9(13)5-4-8(10)3/h4-7,13H,1-3H3,(H,12,14). The quantitative estimate of drug-likeness (QED) is 0.753. The Morgan fingerprint density at radius 3 is 2.64 bits per heavy atom. The zero-order valence-electron chi connectivity index (χ0n) is 8.66. The van der Waals surface area contributed by atoms with Crippen LogP contribution in [0.2, 0.25) is 0 Å². The predicted molar refractivity (Wildman–Crippen MR) is 55.4 cm³/mol. The van der Waals surface area contributed by atoms with Crippen LogP contribution in [-0.4, -0.2) is 17.1 Å². The van der Waals surface area contributed by atoms with Crippen LogP contribution in [0.1, 0.15) is 29.8 Å². The predicted octanol–water partition coefficient (Wildman–Crippen LogP) is 1.84. The number of carbonyl (C=O) groups excluding carboxylic acids is 1. The van der Waals surface area contributed by atoms with Gasteiger partial charge in [0.25, 0.3) is 5.91 Å². The summed E-state index contributed by atoms with van der Waals surface area (Å²) in [6.07, 6.45) is 0. The van der Waals surface area contributed by atoms with Crippen molar-refractivity contribution in [3.63, 3.8) is 0 Å². The highest BCUT2D eigenvalue weighted by molar-refractivity contribution is 5.96. The molecular weight excluding hydrogens is 178 g/mol. The van der Waals surface area contributed by atoms with Crippen LogP contribution in [0.15, 0.2) is 18.2 Å². The fourth-order valence-electron chi connectivity index (χ4n) is 1.19. The maximum Gasteiger partial charge on any atom is 0.251 e. The summed E-state index contributed by atoms with van der Waals surface area (Å²) in [5, 5.41) is 12.0. The number of phenols is 1. The molecule has 1 aromatic rings. The van der Waals surface area contributed by atoms with E-state index in [4.69, 9.17) is 0 Å². The molecule has 0 radical (unpaired) electrons. The van der Waals surface area contributed by atoms with Gasteiger partial charge in [0.1, 0.15) is 5.75 Å². The van der Waals surface area contributed by atoms with Gasteiger partial charge < -0.3 is 10.4 Å². The molecule has 0 aliphatic heterocycles. The molecule has 0 bridgehead atoms. The van der Waals surface area contributed by atoms with Crippen molar-refractivity contribution in [1.29, 1.82) is 0 Å². The van der Waals surface area contributed by atoms with Gasteiger partial charge >= 0.3 is 0 Å². The molecule has 0 atom stereocenters. The lowest BCUT2D eigenvalue weighted by Crippen LogP contribution is -2.30. The number of phenolic OH excluding ortho intramolecular Hbond substituents is 1. The molecule has 0 fully saturated rings. The van der Waals surface area contributed by atoms with E-state index in [-0.39, 0.29) is 17.7 Å². The van der Waals surface area contributed by atoms with Crippen molar-refractivity contribution < 1.29 is 9.90 Å². The lowest BCUT2D eigenvalue weighted by Gasteiger charge is -2.10. The van der Waals surface area contributed by atoms with Crippen molar-refractivity contribution in [3.05, 3.63) is 29.3 Å². The first kappa shape index (κ1) is 10.6. The molecule has 1 amide bonds. The molecule has 0 spiro atoms. The molecule has 14 heavy (non-hydrogen) atoms. The van der Waals surface area contributed by atoms with Crippen LogP contribution in [-0.2, 0) is 0 Å². The Kier molecular flexibility index (Phi) is 3.12. The van der Waals surface area contributed by atoms with E-state index < -0.39 is 0 Å². The number of aromatic hydroxyl groups is 1. The van der Waals surface area contributed by atoms with Crippen LogP contribution in [0.3, 0.4) is 0 Å². The topological polar surface area (TPSA) is 49.3 Å². The molecule has 0 aliphatic carbocycles. The summed E-state index contributed by atoms with van der Waals surface area (Å²) in [6.45, 7) is 5.64. The zero-order chi connectivity index (χ0) is 10.7. The lowest BCUT2D eigenvalue weighted by atomic mass is 10.1. The summed E-state index contributed by atoms with van der Waals surface area (Å²) in [5.74, 6) is -0.0297. The minimum absolute atomic E-state index is 0.101. The first-order chi connectivity index (χ1) is 6.50. The van der Waals surface area contributed by atoms with Crippen LogP contribution >= 0.6 is 0 Å². The van der Waals surface area contributed by atoms with Crippen LogP contribution in [0.5, 0.6) is 5.75 Å². The van der Waals surface area contributed by atoms with E-state index in [1.807, 2.05) is 20.8 Å². The first-order valence-corrected chi connectivity index (χ1v) is 4.61. The van der Waals surface area contributed by atoms with Crippen molar-refractivity contribution in [2.45, 2.75) is 26.8 Å². The average molecular weight is 193 g/mol. The van der Waals surface area contributed by atoms with Crippen molar-refractivity contribution in [2.75, 3.05) is 0 Å². The Hall–Kier alpha value is -1.51. The Morgan fingerprint density at radius 1 is 1.43 bits per heavy atom. The molecule has 76 valence electrons. The van der Waals surface area contributed by atoms with Gasteiger partial charge in [-0.2, -0.15) is 0 Å². The van der Waals surface area contributed by atoms with E-state index in [2.05, 4.69) is 5.32 Å². The highest BCUT2D eigenvalue weighted by Crippen LogP contribution is 2.15. The summed E-state index contributed by atoms with van der Waals surface area (Å²) in [6, 6.07) is 4.88. The summed E-state index contributed by atoms with van der Waals surface area (Å²) in [4.78, 5) is 11.6. The second-order valence-corrected chi connectivity index (χ2v) is 3.63. The second kappa shape index (κ2) is 4.13. The van der Waals surface area contributed by atoms with Crippen molar-refractivity contribution in [3.8, 4) is 5.75 Å². The summed E-state index contributed by atoms with van der Waals surface area (Å²) in [7, 11) is 0. The maximum atomic E-state index is 11.6. The Labute approximate surface area is 83.8 Å². The summed E-state index contributed by atoms with van der Waals surface area (Å²) < 4.78 is 0. The van der Waals surface area contributed by atoms with E-state index in [9.17, 15) is 9.90 Å². The van der Waals surface area contributed by atoms with Gasteiger partial charge in [-0.15, -0.1) is 0 Å². The third-order valence-electron chi connectivity index (χ3n) is 1.89. The number of rotatable bonds is 2. The average Bonchev–Trinajstić information content (AvgIpc) is 2.08. The van der Waals surface area contributed by atoms with E-state index >= 15 is 0 Å². The molecule has 0 aliphatic rings. The number of nitrogens with one attached hydrogen (secondary N) is 1. The Morgan fingerprint density at radius 2 is 2.07 bits per heavy atom. The van der Waals surface area contributed by atoms with Gasteiger partial charge in [-0.3, -0.25) is 4.79 Å². The van der Waals surface area contributed by atoms with Gasteiger partial charge in [0.15, 0.2) is 0 Å². The molecule has 0 aromatic heterocycles.